The minimum absolute atomic E-state index is 0.322. The lowest BCUT2D eigenvalue weighted by Gasteiger charge is -2.26. The number of morpholine rings is 1. The third-order valence-electron chi connectivity index (χ3n) is 3.76. The molecule has 0 saturated carbocycles. The molecule has 0 unspecified atom stereocenters. The van der Waals surface area contributed by atoms with Gasteiger partial charge in [0.2, 0.25) is 0 Å². The molecular formula is C12H20N4O3. The maximum Gasteiger partial charge on any atom is 0.281 e. The summed E-state index contributed by atoms with van der Waals surface area (Å²) in [6.45, 7) is 5.61. The van der Waals surface area contributed by atoms with Crippen molar-refractivity contribution in [3.63, 3.8) is 0 Å². The van der Waals surface area contributed by atoms with Gasteiger partial charge in [-0.05, 0) is 19.3 Å². The van der Waals surface area contributed by atoms with E-state index >= 15 is 0 Å². The summed E-state index contributed by atoms with van der Waals surface area (Å²) in [7, 11) is 0. The fraction of sp³-hybridized carbons (Fsp3) is 0.833. The lowest BCUT2D eigenvalue weighted by Crippen LogP contribution is -2.63. The van der Waals surface area contributed by atoms with E-state index < -0.39 is 0 Å². The molecule has 3 rings (SSSR count). The van der Waals surface area contributed by atoms with Gasteiger partial charge < -0.3 is 14.4 Å². The molecule has 0 aliphatic carbocycles. The van der Waals surface area contributed by atoms with E-state index in [1.165, 1.54) is 6.42 Å². The van der Waals surface area contributed by atoms with Gasteiger partial charge in [-0.15, -0.1) is 0 Å². The Balaban J connectivity index is 1.73. The molecular weight excluding hydrogens is 248 g/mol. The zero-order valence-electron chi connectivity index (χ0n) is 11.1. The fourth-order valence-electron chi connectivity index (χ4n) is 2.65. The van der Waals surface area contributed by atoms with Crippen LogP contribution >= 0.6 is 0 Å². The summed E-state index contributed by atoms with van der Waals surface area (Å²) in [5, 5.41) is 17.8. The van der Waals surface area contributed by atoms with Crippen molar-refractivity contribution in [1.29, 1.82) is 0 Å². The third kappa shape index (κ3) is 2.82. The Bertz CT molecular complexity index is 411. The zero-order chi connectivity index (χ0) is 13.1. The van der Waals surface area contributed by atoms with Crippen molar-refractivity contribution < 1.29 is 19.2 Å². The van der Waals surface area contributed by atoms with Crippen LogP contribution in [0.15, 0.2) is 4.52 Å². The van der Waals surface area contributed by atoms with Gasteiger partial charge in [0, 0.05) is 17.9 Å². The van der Waals surface area contributed by atoms with Crippen LogP contribution in [-0.2, 0) is 11.3 Å². The van der Waals surface area contributed by atoms with E-state index in [0.717, 1.165) is 52.2 Å². The Morgan fingerprint density at radius 1 is 1.11 bits per heavy atom. The van der Waals surface area contributed by atoms with E-state index in [0.29, 0.717) is 12.2 Å². The van der Waals surface area contributed by atoms with Crippen molar-refractivity contribution in [1.82, 2.24) is 10.2 Å². The standard InChI is InChI=1S/C12H20N4O3/c17-12-11(10-14-6-8-18-9-7-14)16(13-19-12)15-4-2-1-3-5-15/h1-10H2. The molecule has 0 radical (unpaired) electrons. The second-order valence-electron chi connectivity index (χ2n) is 5.10. The number of piperidine rings is 1. The van der Waals surface area contributed by atoms with Crippen molar-refractivity contribution in [2.24, 2.45) is 0 Å². The molecule has 0 aromatic carbocycles. The van der Waals surface area contributed by atoms with Crippen LogP contribution in [0.4, 0.5) is 0 Å². The molecule has 0 atom stereocenters. The lowest BCUT2D eigenvalue weighted by atomic mass is 10.2. The van der Waals surface area contributed by atoms with Crippen molar-refractivity contribution in [2.45, 2.75) is 25.8 Å². The quantitative estimate of drug-likeness (QED) is 0.654. The summed E-state index contributed by atoms with van der Waals surface area (Å²) in [5.74, 6) is -0.322. The maximum atomic E-state index is 11.8. The van der Waals surface area contributed by atoms with Gasteiger partial charge in [0.1, 0.15) is 5.27 Å². The molecule has 0 amide bonds. The molecule has 0 bridgehead atoms. The average molecular weight is 268 g/mol. The molecule has 2 saturated heterocycles. The van der Waals surface area contributed by atoms with Gasteiger partial charge in [-0.2, -0.15) is 5.01 Å². The van der Waals surface area contributed by atoms with Crippen LogP contribution in [0.25, 0.3) is 0 Å². The highest BCUT2D eigenvalue weighted by molar-refractivity contribution is 5.04. The minimum atomic E-state index is -0.322. The van der Waals surface area contributed by atoms with Gasteiger partial charge in [0.25, 0.3) is 5.69 Å². The lowest BCUT2D eigenvalue weighted by molar-refractivity contribution is -0.766. The van der Waals surface area contributed by atoms with E-state index in [2.05, 4.69) is 15.2 Å². The predicted octanol–water partition coefficient (Wildman–Crippen LogP) is -1.01. The van der Waals surface area contributed by atoms with Gasteiger partial charge in [-0.25, -0.2) is 0 Å². The Morgan fingerprint density at radius 3 is 2.58 bits per heavy atom. The van der Waals surface area contributed by atoms with E-state index in [4.69, 9.17) is 9.26 Å². The SMILES string of the molecule is [O-]c1on[n+](N2CCCCC2)c1CN1CCOCC1. The van der Waals surface area contributed by atoms with Crippen LogP contribution in [0.3, 0.4) is 0 Å². The van der Waals surface area contributed by atoms with Crippen LogP contribution in [0.5, 0.6) is 5.95 Å². The smallest absolute Gasteiger partial charge is 0.281 e. The largest absolute Gasteiger partial charge is 0.539 e. The first-order valence-corrected chi connectivity index (χ1v) is 6.98. The Labute approximate surface area is 112 Å². The molecule has 2 fully saturated rings. The van der Waals surface area contributed by atoms with Crippen LogP contribution in [0.2, 0.25) is 0 Å². The summed E-state index contributed by atoms with van der Waals surface area (Å²) < 4.78 is 10.2. The summed E-state index contributed by atoms with van der Waals surface area (Å²) in [6.07, 6.45) is 3.54. The molecule has 1 aromatic rings. The highest BCUT2D eigenvalue weighted by Gasteiger charge is 2.28. The number of rotatable bonds is 3. The van der Waals surface area contributed by atoms with E-state index in [-0.39, 0.29) is 5.95 Å². The molecule has 0 N–H and O–H groups in total. The molecule has 106 valence electrons. The van der Waals surface area contributed by atoms with E-state index in [1.54, 1.807) is 4.79 Å². The summed E-state index contributed by atoms with van der Waals surface area (Å²) in [4.78, 5) is 3.88. The van der Waals surface area contributed by atoms with Crippen LogP contribution < -0.4 is 14.9 Å². The fourth-order valence-corrected chi connectivity index (χ4v) is 2.65. The summed E-state index contributed by atoms with van der Waals surface area (Å²) in [5.41, 5.74) is 0.629. The van der Waals surface area contributed by atoms with Crippen LogP contribution in [0.1, 0.15) is 25.0 Å². The summed E-state index contributed by atoms with van der Waals surface area (Å²) in [6, 6.07) is 0. The first kappa shape index (κ1) is 12.7. The first-order valence-electron chi connectivity index (χ1n) is 6.98. The number of hydrogen-bond donors (Lipinski definition) is 0. The number of aromatic nitrogens is 2. The highest BCUT2D eigenvalue weighted by Crippen LogP contribution is 2.13. The van der Waals surface area contributed by atoms with Gasteiger partial charge in [0.05, 0.1) is 32.8 Å². The maximum absolute atomic E-state index is 11.8. The van der Waals surface area contributed by atoms with Gasteiger partial charge in [0.15, 0.2) is 5.95 Å². The monoisotopic (exact) mass is 268 g/mol. The Morgan fingerprint density at radius 2 is 1.84 bits per heavy atom. The Hall–Kier alpha value is -1.34. The van der Waals surface area contributed by atoms with Crippen LogP contribution in [-0.4, -0.2) is 49.6 Å². The van der Waals surface area contributed by atoms with Crippen molar-refractivity contribution in [3.05, 3.63) is 5.69 Å². The number of hydrogen-bond acceptors (Lipinski definition) is 6. The van der Waals surface area contributed by atoms with Gasteiger partial charge >= 0.3 is 0 Å². The Kier molecular flexibility index (Phi) is 3.84. The highest BCUT2D eigenvalue weighted by atomic mass is 16.6. The average Bonchev–Trinajstić information content (AvgIpc) is 2.82. The summed E-state index contributed by atoms with van der Waals surface area (Å²) >= 11 is 0. The van der Waals surface area contributed by atoms with Crippen LogP contribution in [0, 0.1) is 0 Å². The molecule has 3 heterocycles. The normalized spacial score (nSPS) is 21.8. The predicted molar refractivity (Wildman–Crippen MR) is 64.0 cm³/mol. The van der Waals surface area contributed by atoms with E-state index in [1.807, 2.05) is 0 Å². The molecule has 1 aromatic heterocycles. The second-order valence-corrected chi connectivity index (χ2v) is 5.10. The third-order valence-corrected chi connectivity index (χ3v) is 3.76. The molecule has 2 aliphatic heterocycles. The molecule has 19 heavy (non-hydrogen) atoms. The topological polar surface area (TPSA) is 68.7 Å². The van der Waals surface area contributed by atoms with Crippen molar-refractivity contribution in [2.75, 3.05) is 44.4 Å². The second kappa shape index (κ2) is 5.75. The van der Waals surface area contributed by atoms with Gasteiger partial charge in [-0.1, -0.05) is 0 Å². The first-order chi connectivity index (χ1) is 9.34. The van der Waals surface area contributed by atoms with Crippen molar-refractivity contribution in [3.8, 4) is 5.95 Å². The number of ether oxygens (including phenoxy) is 1. The molecule has 7 heteroatoms. The molecule has 7 nitrogen and oxygen atoms in total. The zero-order valence-corrected chi connectivity index (χ0v) is 11.1. The molecule has 2 aliphatic rings. The van der Waals surface area contributed by atoms with Gasteiger partial charge in [-0.3, -0.25) is 4.90 Å². The van der Waals surface area contributed by atoms with Crippen molar-refractivity contribution >= 4 is 0 Å². The minimum Gasteiger partial charge on any atom is -0.539 e. The number of nitrogens with zero attached hydrogens (tertiary/aromatic N) is 4. The molecule has 0 spiro atoms. The van der Waals surface area contributed by atoms with E-state index in [9.17, 15) is 5.11 Å².